The van der Waals surface area contributed by atoms with Gasteiger partial charge < -0.3 is 0 Å². The third-order valence-corrected chi connectivity index (χ3v) is 6.17. The number of hydrogen-bond donors (Lipinski definition) is 0. The van der Waals surface area contributed by atoms with Crippen LogP contribution in [0.15, 0.2) is 71.5 Å². The van der Waals surface area contributed by atoms with E-state index in [9.17, 15) is 4.79 Å². The van der Waals surface area contributed by atoms with Gasteiger partial charge in [-0.05, 0) is 42.0 Å². The molecular formula is C21H11Cl2NOS. The molecule has 2 heterocycles. The second-order valence-electron chi connectivity index (χ2n) is 6.09. The Morgan fingerprint density at radius 2 is 1.58 bits per heavy atom. The summed E-state index contributed by atoms with van der Waals surface area (Å²) < 4.78 is 2.75. The number of fused-ring (bicyclic) bond motifs is 5. The Morgan fingerprint density at radius 3 is 2.38 bits per heavy atom. The minimum absolute atomic E-state index is 0.0148. The molecule has 0 atom stereocenters. The van der Waals surface area contributed by atoms with Crippen LogP contribution >= 0.6 is 34.5 Å². The normalized spacial score (nSPS) is 11.6. The standard InChI is InChI=1S/C21H11Cl2NOS/c22-13-5-3-4-12(10-13)20-19-15-6-1-2-7-16(15)21(25)24(19)17-9-8-14(23)11-18(17)26-20/h1-11H. The van der Waals surface area contributed by atoms with Crippen LogP contribution in [0, 0.1) is 0 Å². The van der Waals surface area contributed by atoms with Gasteiger partial charge in [0, 0.05) is 20.8 Å². The predicted molar refractivity (Wildman–Crippen MR) is 112 cm³/mol. The molecule has 0 aromatic heterocycles. The Bertz CT molecular complexity index is 1340. The maximum absolute atomic E-state index is 13.1. The highest BCUT2D eigenvalue weighted by molar-refractivity contribution is 7.22. The van der Waals surface area contributed by atoms with E-state index < -0.39 is 0 Å². The molecule has 0 fully saturated rings. The van der Waals surface area contributed by atoms with E-state index in [1.165, 1.54) is 0 Å². The summed E-state index contributed by atoms with van der Waals surface area (Å²) in [6, 6.07) is 21.1. The van der Waals surface area contributed by atoms with Gasteiger partial charge in [-0.3, -0.25) is 9.36 Å². The van der Waals surface area contributed by atoms with Gasteiger partial charge in [0.1, 0.15) is 0 Å². The van der Waals surface area contributed by atoms with E-state index in [1.54, 1.807) is 15.9 Å². The van der Waals surface area contributed by atoms with E-state index in [-0.39, 0.29) is 5.56 Å². The summed E-state index contributed by atoms with van der Waals surface area (Å²) in [6.45, 7) is 0. The first kappa shape index (κ1) is 15.9. The fraction of sp³-hybridized carbons (Fsp3) is 0. The number of hydrogen-bond acceptors (Lipinski definition) is 2. The van der Waals surface area contributed by atoms with Gasteiger partial charge in [0.25, 0.3) is 5.56 Å². The molecule has 126 valence electrons. The molecule has 2 nitrogen and oxygen atoms in total. The molecule has 0 unspecified atom stereocenters. The van der Waals surface area contributed by atoms with Crippen LogP contribution in [0.4, 0.5) is 0 Å². The maximum Gasteiger partial charge on any atom is 0.263 e. The number of benzene rings is 3. The molecule has 0 amide bonds. The van der Waals surface area contributed by atoms with E-state index in [0.29, 0.717) is 15.4 Å². The van der Waals surface area contributed by atoms with Crippen molar-refractivity contribution in [2.24, 2.45) is 0 Å². The number of nitrogens with zero attached hydrogens (tertiary/aromatic N) is 1. The first-order chi connectivity index (χ1) is 12.6. The molecule has 5 rings (SSSR count). The summed E-state index contributed by atoms with van der Waals surface area (Å²) in [5, 5.41) is 2.97. The molecule has 3 aromatic carbocycles. The molecule has 0 aliphatic carbocycles. The monoisotopic (exact) mass is 395 g/mol. The second kappa shape index (κ2) is 5.85. The molecule has 3 aromatic rings. The number of rotatable bonds is 1. The SMILES string of the molecule is O=c1c2ccccc2c2c(-c3cccc(Cl)c3)sc3cc(Cl)ccc3n1-2. The van der Waals surface area contributed by atoms with Crippen molar-refractivity contribution in [2.75, 3.05) is 0 Å². The van der Waals surface area contributed by atoms with Gasteiger partial charge in [-0.15, -0.1) is 11.3 Å². The lowest BCUT2D eigenvalue weighted by Crippen LogP contribution is -2.13. The van der Waals surface area contributed by atoms with Crippen molar-refractivity contribution < 1.29 is 0 Å². The van der Waals surface area contributed by atoms with Gasteiger partial charge in [-0.2, -0.15) is 0 Å². The van der Waals surface area contributed by atoms with Crippen LogP contribution < -0.4 is 5.56 Å². The van der Waals surface area contributed by atoms with Gasteiger partial charge in [-0.1, -0.05) is 53.5 Å². The second-order valence-corrected chi connectivity index (χ2v) is 8.01. The summed E-state index contributed by atoms with van der Waals surface area (Å²) in [5.41, 5.74) is 2.74. The number of halogens is 2. The molecule has 26 heavy (non-hydrogen) atoms. The topological polar surface area (TPSA) is 22.0 Å². The van der Waals surface area contributed by atoms with Crippen LogP contribution in [0.2, 0.25) is 10.0 Å². The molecule has 0 radical (unpaired) electrons. The van der Waals surface area contributed by atoms with E-state index in [1.807, 2.05) is 66.7 Å². The molecule has 0 saturated heterocycles. The zero-order valence-corrected chi connectivity index (χ0v) is 15.7. The van der Waals surface area contributed by atoms with Crippen LogP contribution in [0.25, 0.3) is 37.1 Å². The quantitative estimate of drug-likeness (QED) is 0.312. The van der Waals surface area contributed by atoms with Crippen molar-refractivity contribution >= 4 is 55.5 Å². The molecule has 2 aliphatic heterocycles. The van der Waals surface area contributed by atoms with E-state index >= 15 is 0 Å². The molecule has 0 bridgehead atoms. The van der Waals surface area contributed by atoms with Crippen molar-refractivity contribution in [1.29, 1.82) is 0 Å². The summed E-state index contributed by atoms with van der Waals surface area (Å²) >= 11 is 14.1. The van der Waals surface area contributed by atoms with Crippen molar-refractivity contribution in [3.63, 3.8) is 0 Å². The van der Waals surface area contributed by atoms with Crippen molar-refractivity contribution in [3.05, 3.63) is 87.1 Å². The average Bonchev–Trinajstić information content (AvgIpc) is 2.94. The van der Waals surface area contributed by atoms with Crippen LogP contribution in [0.1, 0.15) is 0 Å². The molecule has 0 N–H and O–H groups in total. The Labute approximate surface area is 163 Å². The minimum Gasteiger partial charge on any atom is -0.273 e. The Hall–Kier alpha value is -2.33. The zero-order chi connectivity index (χ0) is 17.8. The highest BCUT2D eigenvalue weighted by atomic mass is 35.5. The van der Waals surface area contributed by atoms with E-state index in [0.717, 1.165) is 31.7 Å². The fourth-order valence-corrected chi connectivity index (χ4v) is 5.05. The molecule has 0 saturated carbocycles. The van der Waals surface area contributed by atoms with Gasteiger partial charge in [-0.25, -0.2) is 0 Å². The van der Waals surface area contributed by atoms with Crippen LogP contribution in [0.5, 0.6) is 0 Å². The van der Waals surface area contributed by atoms with E-state index in [4.69, 9.17) is 23.2 Å². The highest BCUT2D eigenvalue weighted by Gasteiger charge is 2.22. The van der Waals surface area contributed by atoms with Crippen molar-refractivity contribution in [3.8, 4) is 16.1 Å². The largest absolute Gasteiger partial charge is 0.273 e. The summed E-state index contributed by atoms with van der Waals surface area (Å²) in [4.78, 5) is 14.1. The Morgan fingerprint density at radius 1 is 0.808 bits per heavy atom. The molecule has 0 spiro atoms. The lowest BCUT2D eigenvalue weighted by atomic mass is 10.1. The van der Waals surface area contributed by atoms with Gasteiger partial charge in [0.05, 0.1) is 20.8 Å². The van der Waals surface area contributed by atoms with E-state index in [2.05, 4.69) is 0 Å². The van der Waals surface area contributed by atoms with Crippen molar-refractivity contribution in [1.82, 2.24) is 4.57 Å². The molecule has 5 heteroatoms. The molecule has 2 aliphatic rings. The smallest absolute Gasteiger partial charge is 0.263 e. The molecular weight excluding hydrogens is 385 g/mol. The lowest BCUT2D eigenvalue weighted by Gasteiger charge is -2.14. The minimum atomic E-state index is -0.0148. The first-order valence-electron chi connectivity index (χ1n) is 8.05. The predicted octanol–water partition coefficient (Wildman–Crippen LogP) is 6.62. The van der Waals surface area contributed by atoms with Crippen LogP contribution in [-0.2, 0) is 0 Å². The average molecular weight is 396 g/mol. The maximum atomic E-state index is 13.1. The summed E-state index contributed by atoms with van der Waals surface area (Å²) in [6.07, 6.45) is 0. The zero-order valence-electron chi connectivity index (χ0n) is 13.4. The summed E-state index contributed by atoms with van der Waals surface area (Å²) in [5.74, 6) is 0. The van der Waals surface area contributed by atoms with Gasteiger partial charge in [0.15, 0.2) is 0 Å². The van der Waals surface area contributed by atoms with Crippen molar-refractivity contribution in [2.45, 2.75) is 0 Å². The third-order valence-electron chi connectivity index (χ3n) is 4.52. The van der Waals surface area contributed by atoms with Gasteiger partial charge >= 0.3 is 0 Å². The fourth-order valence-electron chi connectivity index (χ4n) is 3.41. The highest BCUT2D eigenvalue weighted by Crippen LogP contribution is 2.41. The van der Waals surface area contributed by atoms with Crippen LogP contribution in [0.3, 0.4) is 0 Å². The first-order valence-corrected chi connectivity index (χ1v) is 9.62. The Balaban J connectivity index is 2.06. The Kier molecular flexibility index (Phi) is 3.57. The lowest BCUT2D eigenvalue weighted by molar-refractivity contribution is 1.10. The van der Waals surface area contributed by atoms with Gasteiger partial charge in [0.2, 0.25) is 0 Å². The van der Waals surface area contributed by atoms with Crippen LogP contribution in [-0.4, -0.2) is 4.57 Å². The summed E-state index contributed by atoms with van der Waals surface area (Å²) in [7, 11) is 0. The number of aromatic nitrogens is 1. The third kappa shape index (κ3) is 2.28.